The predicted octanol–water partition coefficient (Wildman–Crippen LogP) is 0.858. The summed E-state index contributed by atoms with van der Waals surface area (Å²) in [6.07, 6.45) is 1.27. The molecule has 0 atom stereocenters. The summed E-state index contributed by atoms with van der Waals surface area (Å²) in [5.41, 5.74) is 0.789. The number of benzene rings is 1. The van der Waals surface area contributed by atoms with E-state index >= 15 is 0 Å². The van der Waals surface area contributed by atoms with Gasteiger partial charge in [0.25, 0.3) is 0 Å². The second-order valence-electron chi connectivity index (χ2n) is 5.82. The summed E-state index contributed by atoms with van der Waals surface area (Å²) in [4.78, 5) is 23.0. The maximum atomic E-state index is 12.1. The first kappa shape index (κ1) is 18.4. The Morgan fingerprint density at radius 3 is 2.54 bits per heavy atom. The van der Waals surface area contributed by atoms with E-state index in [1.165, 1.54) is 16.4 Å². The van der Waals surface area contributed by atoms with Crippen LogP contribution in [0.1, 0.15) is 35.7 Å². The van der Waals surface area contributed by atoms with Crippen LogP contribution in [0.4, 0.5) is 0 Å². The van der Waals surface area contributed by atoms with Gasteiger partial charge in [0.2, 0.25) is 15.9 Å². The van der Waals surface area contributed by atoms with E-state index in [-0.39, 0.29) is 29.7 Å². The molecule has 1 heterocycles. The molecule has 1 fully saturated rings. The number of nitrogens with one attached hydrogen (secondary N) is 1. The fourth-order valence-electron chi connectivity index (χ4n) is 2.74. The number of carbonyl (C=O) groups excluding carboxylic acids is 1. The topological polar surface area (TPSA) is 104 Å². The molecule has 0 bridgehead atoms. The summed E-state index contributed by atoms with van der Waals surface area (Å²) in [5.74, 6) is -1.12. The molecule has 8 heteroatoms. The molecule has 1 amide bonds. The van der Waals surface area contributed by atoms with Crippen molar-refractivity contribution in [3.63, 3.8) is 0 Å². The average Bonchev–Trinajstić information content (AvgIpc) is 2.55. The van der Waals surface area contributed by atoms with Gasteiger partial charge in [-0.15, -0.1) is 0 Å². The molecule has 24 heavy (non-hydrogen) atoms. The second kappa shape index (κ2) is 7.76. The zero-order valence-electron chi connectivity index (χ0n) is 13.6. The lowest BCUT2D eigenvalue weighted by molar-refractivity contribution is -0.121. The second-order valence-corrected chi connectivity index (χ2v) is 8.08. The van der Waals surface area contributed by atoms with Gasteiger partial charge in [0.05, 0.1) is 17.7 Å². The van der Waals surface area contributed by atoms with E-state index in [1.807, 2.05) is 0 Å². The monoisotopic (exact) mass is 354 g/mol. The number of hydrogen-bond acceptors (Lipinski definition) is 4. The highest BCUT2D eigenvalue weighted by Crippen LogP contribution is 2.15. The molecule has 132 valence electrons. The third-order valence-electron chi connectivity index (χ3n) is 4.12. The first-order valence-corrected chi connectivity index (χ1v) is 9.52. The van der Waals surface area contributed by atoms with E-state index in [0.29, 0.717) is 31.5 Å². The number of carboxylic acid groups (broad SMARTS) is 1. The van der Waals surface area contributed by atoms with Crippen molar-refractivity contribution in [3.05, 3.63) is 35.4 Å². The van der Waals surface area contributed by atoms with Crippen LogP contribution in [0.3, 0.4) is 0 Å². The van der Waals surface area contributed by atoms with Gasteiger partial charge in [-0.3, -0.25) is 4.79 Å². The van der Waals surface area contributed by atoms with Crippen LogP contribution in [-0.4, -0.2) is 54.6 Å². The Hall–Kier alpha value is -1.93. The molecule has 0 radical (unpaired) electrons. The molecule has 1 aliphatic heterocycles. The molecule has 0 spiro atoms. The smallest absolute Gasteiger partial charge is 0.335 e. The molecule has 1 aromatic rings. The SMILES string of the molecule is CCS(=O)(=O)N1CCC(NC(=O)Cc2cccc(C(=O)O)c2)CC1. The van der Waals surface area contributed by atoms with E-state index in [1.54, 1.807) is 19.1 Å². The van der Waals surface area contributed by atoms with E-state index in [0.717, 1.165) is 0 Å². The average molecular weight is 354 g/mol. The van der Waals surface area contributed by atoms with Crippen LogP contribution in [0.2, 0.25) is 0 Å². The molecule has 0 unspecified atom stereocenters. The van der Waals surface area contributed by atoms with Crippen molar-refractivity contribution in [1.82, 2.24) is 9.62 Å². The quantitative estimate of drug-likeness (QED) is 0.788. The number of aromatic carboxylic acids is 1. The van der Waals surface area contributed by atoms with Crippen molar-refractivity contribution in [3.8, 4) is 0 Å². The Labute approximate surface area is 141 Å². The standard InChI is InChI=1S/C16H22N2O5S/c1-2-24(22,23)18-8-6-14(7-9-18)17-15(19)11-12-4-3-5-13(10-12)16(20)21/h3-5,10,14H,2,6-9,11H2,1H3,(H,17,19)(H,20,21). The van der Waals surface area contributed by atoms with Gasteiger partial charge in [0, 0.05) is 19.1 Å². The van der Waals surface area contributed by atoms with Crippen molar-refractivity contribution in [1.29, 1.82) is 0 Å². The van der Waals surface area contributed by atoms with E-state index < -0.39 is 16.0 Å². The molecule has 0 aliphatic carbocycles. The van der Waals surface area contributed by atoms with Gasteiger partial charge in [-0.25, -0.2) is 17.5 Å². The van der Waals surface area contributed by atoms with Gasteiger partial charge in [-0.05, 0) is 37.5 Å². The number of amides is 1. The lowest BCUT2D eigenvalue weighted by Crippen LogP contribution is -2.47. The third-order valence-corrected chi connectivity index (χ3v) is 6.00. The summed E-state index contributed by atoms with van der Waals surface area (Å²) in [6, 6.07) is 6.23. The zero-order chi connectivity index (χ0) is 17.7. The van der Waals surface area contributed by atoms with Crippen molar-refractivity contribution >= 4 is 21.9 Å². The molecular formula is C16H22N2O5S. The number of rotatable bonds is 6. The highest BCUT2D eigenvalue weighted by molar-refractivity contribution is 7.89. The van der Waals surface area contributed by atoms with E-state index in [9.17, 15) is 18.0 Å². The van der Waals surface area contributed by atoms with Gasteiger partial charge in [0.1, 0.15) is 0 Å². The highest BCUT2D eigenvalue weighted by atomic mass is 32.2. The zero-order valence-corrected chi connectivity index (χ0v) is 14.4. The molecule has 1 saturated heterocycles. The Kier molecular flexibility index (Phi) is 5.95. The summed E-state index contributed by atoms with van der Waals surface area (Å²) in [5, 5.41) is 11.9. The molecule has 0 aromatic heterocycles. The summed E-state index contributed by atoms with van der Waals surface area (Å²) < 4.78 is 25.1. The number of hydrogen-bond donors (Lipinski definition) is 2. The van der Waals surface area contributed by atoms with Gasteiger partial charge in [-0.1, -0.05) is 12.1 Å². The van der Waals surface area contributed by atoms with Crippen LogP contribution < -0.4 is 5.32 Å². The number of carboxylic acids is 1. The normalized spacial score (nSPS) is 16.7. The van der Waals surface area contributed by atoms with Gasteiger partial charge in [-0.2, -0.15) is 0 Å². The van der Waals surface area contributed by atoms with Gasteiger partial charge < -0.3 is 10.4 Å². The number of nitrogens with zero attached hydrogens (tertiary/aromatic N) is 1. The van der Waals surface area contributed by atoms with Crippen LogP contribution in [0, 0.1) is 0 Å². The van der Waals surface area contributed by atoms with Gasteiger partial charge >= 0.3 is 5.97 Å². The summed E-state index contributed by atoms with van der Waals surface area (Å²) in [7, 11) is -3.17. The fraction of sp³-hybridized carbons (Fsp3) is 0.500. The van der Waals surface area contributed by atoms with Crippen LogP contribution in [-0.2, 0) is 21.2 Å². The molecule has 1 aliphatic rings. The maximum Gasteiger partial charge on any atom is 0.335 e. The van der Waals surface area contributed by atoms with E-state index in [2.05, 4.69) is 5.32 Å². The lowest BCUT2D eigenvalue weighted by Gasteiger charge is -2.31. The first-order valence-electron chi connectivity index (χ1n) is 7.91. The number of carbonyl (C=O) groups is 2. The minimum atomic E-state index is -3.17. The largest absolute Gasteiger partial charge is 0.478 e. The Bertz CT molecular complexity index is 709. The molecule has 1 aromatic carbocycles. The molecular weight excluding hydrogens is 332 g/mol. The summed E-state index contributed by atoms with van der Waals surface area (Å²) in [6.45, 7) is 2.44. The summed E-state index contributed by atoms with van der Waals surface area (Å²) >= 11 is 0. The Balaban J connectivity index is 1.86. The van der Waals surface area contributed by atoms with Crippen LogP contribution in [0.25, 0.3) is 0 Å². The molecule has 7 nitrogen and oxygen atoms in total. The molecule has 2 N–H and O–H groups in total. The maximum absolute atomic E-state index is 12.1. The minimum Gasteiger partial charge on any atom is -0.478 e. The number of piperidine rings is 1. The Morgan fingerprint density at radius 1 is 1.29 bits per heavy atom. The van der Waals surface area contributed by atoms with Crippen LogP contribution >= 0.6 is 0 Å². The first-order chi connectivity index (χ1) is 11.3. The molecule has 2 rings (SSSR count). The van der Waals surface area contributed by atoms with Crippen LogP contribution in [0.15, 0.2) is 24.3 Å². The fourth-order valence-corrected chi connectivity index (χ4v) is 3.87. The van der Waals surface area contributed by atoms with Crippen molar-refractivity contribution in [2.45, 2.75) is 32.2 Å². The lowest BCUT2D eigenvalue weighted by atomic mass is 10.0. The number of sulfonamides is 1. The highest BCUT2D eigenvalue weighted by Gasteiger charge is 2.27. The van der Waals surface area contributed by atoms with Crippen molar-refractivity contribution in [2.24, 2.45) is 0 Å². The molecule has 0 saturated carbocycles. The minimum absolute atomic E-state index is 0.0523. The van der Waals surface area contributed by atoms with Crippen molar-refractivity contribution < 1.29 is 23.1 Å². The van der Waals surface area contributed by atoms with Gasteiger partial charge in [0.15, 0.2) is 0 Å². The Morgan fingerprint density at radius 2 is 1.96 bits per heavy atom. The van der Waals surface area contributed by atoms with E-state index in [4.69, 9.17) is 5.11 Å². The predicted molar refractivity (Wildman–Crippen MR) is 89.3 cm³/mol. The third kappa shape index (κ3) is 4.78. The van der Waals surface area contributed by atoms with Crippen molar-refractivity contribution in [2.75, 3.05) is 18.8 Å². The van der Waals surface area contributed by atoms with Crippen LogP contribution in [0.5, 0.6) is 0 Å².